The van der Waals surface area contributed by atoms with Gasteiger partial charge in [-0.15, -0.1) is 0 Å². The molecule has 0 radical (unpaired) electrons. The molecule has 24 heavy (non-hydrogen) atoms. The third kappa shape index (κ3) is 4.76. The number of carbonyl (C=O) groups is 1. The first-order chi connectivity index (χ1) is 11.7. The van der Waals surface area contributed by atoms with Crippen molar-refractivity contribution in [3.05, 3.63) is 58.9 Å². The minimum absolute atomic E-state index is 0.157. The Morgan fingerprint density at radius 1 is 1.25 bits per heavy atom. The molecule has 1 aliphatic heterocycles. The molecule has 2 amide bonds. The van der Waals surface area contributed by atoms with Crippen LogP contribution in [0.4, 0.5) is 4.79 Å². The van der Waals surface area contributed by atoms with E-state index in [0.29, 0.717) is 13.1 Å². The summed E-state index contributed by atoms with van der Waals surface area (Å²) in [6.45, 7) is 2.60. The Kier molecular flexibility index (Phi) is 5.77. The minimum atomic E-state index is -0.162. The predicted molar refractivity (Wildman–Crippen MR) is 94.2 cm³/mol. The Morgan fingerprint density at radius 2 is 2.08 bits per heavy atom. The standard InChI is InChI=1S/C18H22ClN3O2/c19-15-7-5-14(6-8-15)13-22-9-1-3-16(22)11-20-18(23)21-12-17-4-2-10-24-17/h1,3,5-9,17H,2,4,10-13H2,(H2,20,21,23)/t17-/m1/s1. The minimum Gasteiger partial charge on any atom is -0.376 e. The molecule has 2 aromatic rings. The van der Waals surface area contributed by atoms with Crippen molar-refractivity contribution in [2.75, 3.05) is 13.2 Å². The molecule has 1 aromatic carbocycles. The topological polar surface area (TPSA) is 55.3 Å². The molecule has 1 atom stereocenters. The number of urea groups is 1. The molecule has 2 N–H and O–H groups in total. The van der Waals surface area contributed by atoms with Crippen molar-refractivity contribution >= 4 is 17.6 Å². The number of carbonyl (C=O) groups excluding carboxylic acids is 1. The van der Waals surface area contributed by atoms with Gasteiger partial charge in [0, 0.05) is 36.6 Å². The lowest BCUT2D eigenvalue weighted by atomic mass is 10.2. The lowest BCUT2D eigenvalue weighted by molar-refractivity contribution is 0.111. The van der Waals surface area contributed by atoms with E-state index in [9.17, 15) is 4.79 Å². The molecule has 0 unspecified atom stereocenters. The van der Waals surface area contributed by atoms with Crippen LogP contribution in [0.2, 0.25) is 5.02 Å². The fourth-order valence-electron chi connectivity index (χ4n) is 2.80. The zero-order valence-electron chi connectivity index (χ0n) is 13.5. The van der Waals surface area contributed by atoms with Crippen LogP contribution in [0.3, 0.4) is 0 Å². The molecule has 1 saturated heterocycles. The molecule has 1 aliphatic rings. The lowest BCUT2D eigenvalue weighted by Crippen LogP contribution is -2.39. The van der Waals surface area contributed by atoms with Gasteiger partial charge in [0.05, 0.1) is 12.6 Å². The van der Waals surface area contributed by atoms with Gasteiger partial charge < -0.3 is 19.9 Å². The molecule has 0 bridgehead atoms. The summed E-state index contributed by atoms with van der Waals surface area (Å²) in [6, 6.07) is 11.6. The van der Waals surface area contributed by atoms with Crippen molar-refractivity contribution in [1.29, 1.82) is 0 Å². The first kappa shape index (κ1) is 16.9. The lowest BCUT2D eigenvalue weighted by Gasteiger charge is -2.13. The Hall–Kier alpha value is -1.98. The van der Waals surface area contributed by atoms with Crippen LogP contribution >= 0.6 is 11.6 Å². The molecule has 128 valence electrons. The third-order valence-corrected chi connectivity index (χ3v) is 4.39. The summed E-state index contributed by atoms with van der Waals surface area (Å²) in [7, 11) is 0. The molecule has 0 saturated carbocycles. The quantitative estimate of drug-likeness (QED) is 0.843. The molecular formula is C18H22ClN3O2. The van der Waals surface area contributed by atoms with Crippen molar-refractivity contribution in [2.24, 2.45) is 0 Å². The van der Waals surface area contributed by atoms with E-state index in [1.165, 1.54) is 5.56 Å². The fourth-order valence-corrected chi connectivity index (χ4v) is 2.92. The first-order valence-electron chi connectivity index (χ1n) is 8.22. The van der Waals surface area contributed by atoms with Crippen LogP contribution in [0.25, 0.3) is 0 Å². The highest BCUT2D eigenvalue weighted by atomic mass is 35.5. The normalized spacial score (nSPS) is 17.0. The molecule has 2 heterocycles. The number of ether oxygens (including phenoxy) is 1. The SMILES string of the molecule is O=C(NCc1cccn1Cc1ccc(Cl)cc1)NC[C@H]1CCCO1. The molecule has 5 nitrogen and oxygen atoms in total. The summed E-state index contributed by atoms with van der Waals surface area (Å²) < 4.78 is 7.61. The highest BCUT2D eigenvalue weighted by Gasteiger charge is 2.16. The monoisotopic (exact) mass is 347 g/mol. The van der Waals surface area contributed by atoms with Gasteiger partial charge >= 0.3 is 6.03 Å². The van der Waals surface area contributed by atoms with Crippen LogP contribution in [0.1, 0.15) is 24.1 Å². The van der Waals surface area contributed by atoms with Crippen LogP contribution in [-0.2, 0) is 17.8 Å². The zero-order valence-corrected chi connectivity index (χ0v) is 14.3. The smallest absolute Gasteiger partial charge is 0.315 e. The number of hydrogen-bond acceptors (Lipinski definition) is 2. The van der Waals surface area contributed by atoms with Gasteiger partial charge in [-0.25, -0.2) is 4.79 Å². The molecule has 0 aliphatic carbocycles. The average Bonchev–Trinajstić information content (AvgIpc) is 3.25. The number of nitrogens with one attached hydrogen (secondary N) is 2. The number of benzene rings is 1. The van der Waals surface area contributed by atoms with E-state index in [4.69, 9.17) is 16.3 Å². The summed E-state index contributed by atoms with van der Waals surface area (Å²) in [5.41, 5.74) is 2.22. The number of rotatable bonds is 6. The Bertz CT molecular complexity index is 663. The summed E-state index contributed by atoms with van der Waals surface area (Å²) in [4.78, 5) is 11.9. The van der Waals surface area contributed by atoms with Gasteiger partial charge in [0.25, 0.3) is 0 Å². The summed E-state index contributed by atoms with van der Waals surface area (Å²) >= 11 is 5.92. The average molecular weight is 348 g/mol. The maximum Gasteiger partial charge on any atom is 0.315 e. The number of hydrogen-bond donors (Lipinski definition) is 2. The van der Waals surface area contributed by atoms with E-state index in [0.717, 1.165) is 36.7 Å². The van der Waals surface area contributed by atoms with Gasteiger partial charge in [-0.1, -0.05) is 23.7 Å². The van der Waals surface area contributed by atoms with Crippen molar-refractivity contribution < 1.29 is 9.53 Å². The van der Waals surface area contributed by atoms with Crippen LogP contribution in [0.15, 0.2) is 42.6 Å². The number of aromatic nitrogens is 1. The van der Waals surface area contributed by atoms with Crippen LogP contribution in [0, 0.1) is 0 Å². The van der Waals surface area contributed by atoms with E-state index < -0.39 is 0 Å². The second-order valence-electron chi connectivity index (χ2n) is 5.95. The number of nitrogens with zero attached hydrogens (tertiary/aromatic N) is 1. The molecule has 3 rings (SSSR count). The first-order valence-corrected chi connectivity index (χ1v) is 8.60. The van der Waals surface area contributed by atoms with Gasteiger partial charge in [-0.2, -0.15) is 0 Å². The Labute approximate surface area is 146 Å². The van der Waals surface area contributed by atoms with E-state index in [2.05, 4.69) is 15.2 Å². The van der Waals surface area contributed by atoms with Crippen LogP contribution in [-0.4, -0.2) is 29.9 Å². The third-order valence-electron chi connectivity index (χ3n) is 4.13. The van der Waals surface area contributed by atoms with Crippen LogP contribution in [0.5, 0.6) is 0 Å². The second kappa shape index (κ2) is 8.22. The summed E-state index contributed by atoms with van der Waals surface area (Å²) in [5.74, 6) is 0. The van der Waals surface area contributed by atoms with Crippen LogP contribution < -0.4 is 10.6 Å². The molecule has 0 spiro atoms. The van der Waals surface area contributed by atoms with E-state index in [1.54, 1.807) is 0 Å². The molecule has 1 fully saturated rings. The maximum absolute atomic E-state index is 11.9. The highest BCUT2D eigenvalue weighted by molar-refractivity contribution is 6.30. The Morgan fingerprint density at radius 3 is 2.83 bits per heavy atom. The highest BCUT2D eigenvalue weighted by Crippen LogP contribution is 2.13. The van der Waals surface area contributed by atoms with Gasteiger partial charge in [0.15, 0.2) is 0 Å². The van der Waals surface area contributed by atoms with Crippen molar-refractivity contribution in [3.8, 4) is 0 Å². The summed E-state index contributed by atoms with van der Waals surface area (Å²) in [5, 5.41) is 6.49. The van der Waals surface area contributed by atoms with E-state index in [1.807, 2.05) is 42.6 Å². The van der Waals surface area contributed by atoms with Crippen molar-refractivity contribution in [3.63, 3.8) is 0 Å². The molecule has 6 heteroatoms. The number of amides is 2. The predicted octanol–water partition coefficient (Wildman–Crippen LogP) is 3.17. The zero-order chi connectivity index (χ0) is 16.8. The fraction of sp³-hybridized carbons (Fsp3) is 0.389. The van der Waals surface area contributed by atoms with Gasteiger partial charge in [-0.05, 0) is 42.7 Å². The summed E-state index contributed by atoms with van der Waals surface area (Å²) in [6.07, 6.45) is 4.26. The van der Waals surface area contributed by atoms with E-state index in [-0.39, 0.29) is 12.1 Å². The Balaban J connectivity index is 1.47. The maximum atomic E-state index is 11.9. The second-order valence-corrected chi connectivity index (χ2v) is 6.39. The van der Waals surface area contributed by atoms with Crippen molar-refractivity contribution in [1.82, 2.24) is 15.2 Å². The molecular weight excluding hydrogens is 326 g/mol. The van der Waals surface area contributed by atoms with Gasteiger partial charge in [0.1, 0.15) is 0 Å². The molecule has 1 aromatic heterocycles. The largest absolute Gasteiger partial charge is 0.376 e. The van der Waals surface area contributed by atoms with Crippen molar-refractivity contribution in [2.45, 2.75) is 32.0 Å². The van der Waals surface area contributed by atoms with Gasteiger partial charge in [-0.3, -0.25) is 0 Å². The van der Waals surface area contributed by atoms with Gasteiger partial charge in [0.2, 0.25) is 0 Å². The number of halogens is 1. The van der Waals surface area contributed by atoms with E-state index >= 15 is 0 Å².